The number of benzene rings is 2. The van der Waals surface area contributed by atoms with Gasteiger partial charge in [-0.25, -0.2) is 9.97 Å². The highest BCUT2D eigenvalue weighted by Crippen LogP contribution is 2.26. The van der Waals surface area contributed by atoms with Crippen LogP contribution >= 0.6 is 0 Å². The SMILES string of the molecule is NC(=O)c1cn(-c2ccc(-c3ccc4ncc(N5CCN(c6ccncc6)CC5)nc4c3)cc2)cn1. The third-order valence-corrected chi connectivity index (χ3v) is 6.49. The summed E-state index contributed by atoms with van der Waals surface area (Å²) in [7, 11) is 0. The second-order valence-electron chi connectivity index (χ2n) is 8.69. The van der Waals surface area contributed by atoms with Crippen molar-refractivity contribution in [3.8, 4) is 16.8 Å². The fourth-order valence-corrected chi connectivity index (χ4v) is 4.50. The summed E-state index contributed by atoms with van der Waals surface area (Å²) in [6.45, 7) is 3.62. The van der Waals surface area contributed by atoms with Crippen molar-refractivity contribution < 1.29 is 4.79 Å². The highest BCUT2D eigenvalue weighted by atomic mass is 16.1. The van der Waals surface area contributed by atoms with E-state index in [1.807, 2.05) is 61.1 Å². The molecule has 4 heterocycles. The highest BCUT2D eigenvalue weighted by molar-refractivity contribution is 5.90. The van der Waals surface area contributed by atoms with Gasteiger partial charge in [-0.1, -0.05) is 18.2 Å². The first-order chi connectivity index (χ1) is 17.6. The molecular formula is C27H24N8O. The summed E-state index contributed by atoms with van der Waals surface area (Å²) < 4.78 is 1.77. The zero-order valence-corrected chi connectivity index (χ0v) is 19.5. The smallest absolute Gasteiger partial charge is 0.268 e. The Morgan fingerprint density at radius 1 is 0.778 bits per heavy atom. The number of carbonyl (C=O) groups excluding carboxylic acids is 1. The number of hydrogen-bond acceptors (Lipinski definition) is 7. The number of hydrogen-bond donors (Lipinski definition) is 1. The van der Waals surface area contributed by atoms with Crippen molar-refractivity contribution in [2.24, 2.45) is 5.73 Å². The Labute approximate surface area is 207 Å². The zero-order chi connectivity index (χ0) is 24.5. The fourth-order valence-electron chi connectivity index (χ4n) is 4.50. The van der Waals surface area contributed by atoms with Crippen LogP contribution in [-0.2, 0) is 0 Å². The molecule has 2 aromatic carbocycles. The van der Waals surface area contributed by atoms with E-state index in [0.717, 1.165) is 59.8 Å². The van der Waals surface area contributed by atoms with Crippen molar-refractivity contribution in [3.05, 3.63) is 91.4 Å². The van der Waals surface area contributed by atoms with Crippen LogP contribution in [0.5, 0.6) is 0 Å². The molecule has 0 unspecified atom stereocenters. The van der Waals surface area contributed by atoms with Crippen molar-refractivity contribution in [3.63, 3.8) is 0 Å². The quantitative estimate of drug-likeness (QED) is 0.415. The Hall–Kier alpha value is -4.79. The van der Waals surface area contributed by atoms with Gasteiger partial charge in [-0.3, -0.25) is 14.8 Å². The van der Waals surface area contributed by atoms with Crippen molar-refractivity contribution in [1.29, 1.82) is 0 Å². The standard InChI is InChI=1S/C27H24N8O/c28-27(36)25-17-35(18-31-25)21-4-1-19(2-5-21)20-3-6-23-24(15-20)32-26(16-30-23)34-13-11-33(12-14-34)22-7-9-29-10-8-22/h1-10,15-18H,11-14H2,(H2,28,36). The molecule has 0 saturated carbocycles. The van der Waals surface area contributed by atoms with Crippen LogP contribution in [0.4, 0.5) is 11.5 Å². The largest absolute Gasteiger partial charge is 0.368 e. The van der Waals surface area contributed by atoms with Gasteiger partial charge in [-0.05, 0) is 47.5 Å². The number of amides is 1. The fraction of sp³-hybridized carbons (Fsp3) is 0.148. The molecular weight excluding hydrogens is 452 g/mol. The molecule has 6 rings (SSSR count). The van der Waals surface area contributed by atoms with Crippen LogP contribution in [-0.4, -0.2) is 56.6 Å². The summed E-state index contributed by atoms with van der Waals surface area (Å²) in [6, 6.07) is 18.3. The van der Waals surface area contributed by atoms with Crippen LogP contribution in [0, 0.1) is 0 Å². The summed E-state index contributed by atoms with van der Waals surface area (Å²) in [5, 5.41) is 0. The Kier molecular flexibility index (Phi) is 5.49. The predicted molar refractivity (Wildman–Crippen MR) is 139 cm³/mol. The van der Waals surface area contributed by atoms with E-state index in [1.54, 1.807) is 17.1 Å². The maximum Gasteiger partial charge on any atom is 0.268 e. The molecule has 1 amide bonds. The predicted octanol–water partition coefficient (Wildman–Crippen LogP) is 3.30. The Morgan fingerprint density at radius 2 is 1.50 bits per heavy atom. The average Bonchev–Trinajstić information content (AvgIpc) is 3.44. The second-order valence-corrected chi connectivity index (χ2v) is 8.69. The van der Waals surface area contributed by atoms with E-state index in [4.69, 9.17) is 10.7 Å². The number of piperazine rings is 1. The van der Waals surface area contributed by atoms with Gasteiger partial charge < -0.3 is 20.1 Å². The summed E-state index contributed by atoms with van der Waals surface area (Å²) in [5.74, 6) is 0.354. The van der Waals surface area contributed by atoms with Crippen molar-refractivity contribution in [2.45, 2.75) is 0 Å². The van der Waals surface area contributed by atoms with Crippen LogP contribution in [0.1, 0.15) is 10.5 Å². The number of carbonyl (C=O) groups is 1. The molecule has 0 aliphatic carbocycles. The first kappa shape index (κ1) is 21.7. The van der Waals surface area contributed by atoms with E-state index in [-0.39, 0.29) is 5.69 Å². The zero-order valence-electron chi connectivity index (χ0n) is 19.5. The van der Waals surface area contributed by atoms with Crippen molar-refractivity contribution >= 4 is 28.4 Å². The van der Waals surface area contributed by atoms with Crippen LogP contribution in [0.2, 0.25) is 0 Å². The molecule has 9 heteroatoms. The topological polar surface area (TPSA) is 106 Å². The van der Waals surface area contributed by atoms with Gasteiger partial charge in [0.2, 0.25) is 0 Å². The first-order valence-electron chi connectivity index (χ1n) is 11.8. The molecule has 1 aliphatic rings. The van der Waals surface area contributed by atoms with E-state index in [2.05, 4.69) is 36.9 Å². The van der Waals surface area contributed by atoms with E-state index < -0.39 is 5.91 Å². The third kappa shape index (κ3) is 4.22. The number of primary amides is 1. The summed E-state index contributed by atoms with van der Waals surface area (Å²) in [6.07, 6.45) is 8.74. The van der Waals surface area contributed by atoms with E-state index in [9.17, 15) is 4.79 Å². The van der Waals surface area contributed by atoms with E-state index in [0.29, 0.717) is 0 Å². The lowest BCUT2D eigenvalue weighted by atomic mass is 10.0. The number of anilines is 2. The third-order valence-electron chi connectivity index (χ3n) is 6.49. The Bertz CT molecular complexity index is 1520. The maximum absolute atomic E-state index is 11.3. The maximum atomic E-state index is 11.3. The molecule has 0 radical (unpaired) electrons. The minimum Gasteiger partial charge on any atom is -0.368 e. The van der Waals surface area contributed by atoms with E-state index in [1.165, 1.54) is 5.69 Å². The number of rotatable bonds is 5. The van der Waals surface area contributed by atoms with Gasteiger partial charge >= 0.3 is 0 Å². The number of imidazole rings is 1. The molecule has 3 aromatic heterocycles. The lowest BCUT2D eigenvalue weighted by molar-refractivity contribution is 0.0996. The molecule has 36 heavy (non-hydrogen) atoms. The summed E-state index contributed by atoms with van der Waals surface area (Å²) in [5.41, 5.74) is 11.5. The lowest BCUT2D eigenvalue weighted by Crippen LogP contribution is -2.46. The average molecular weight is 477 g/mol. The number of fused-ring (bicyclic) bond motifs is 1. The van der Waals surface area contributed by atoms with E-state index >= 15 is 0 Å². The molecule has 2 N–H and O–H groups in total. The van der Waals surface area contributed by atoms with Gasteiger partial charge in [0.15, 0.2) is 0 Å². The summed E-state index contributed by atoms with van der Waals surface area (Å²) in [4.78, 5) is 33.7. The van der Waals surface area contributed by atoms with Gasteiger partial charge in [0.1, 0.15) is 17.8 Å². The number of aromatic nitrogens is 5. The number of pyridine rings is 1. The van der Waals surface area contributed by atoms with Crippen LogP contribution in [0.3, 0.4) is 0 Å². The molecule has 1 fully saturated rings. The van der Waals surface area contributed by atoms with Gasteiger partial charge in [0, 0.05) is 56.1 Å². The minimum atomic E-state index is -0.544. The normalized spacial score (nSPS) is 13.8. The molecule has 1 aliphatic heterocycles. The van der Waals surface area contributed by atoms with Crippen LogP contribution in [0.25, 0.3) is 27.8 Å². The van der Waals surface area contributed by atoms with Gasteiger partial charge in [0.25, 0.3) is 5.91 Å². The van der Waals surface area contributed by atoms with Gasteiger partial charge in [0.05, 0.1) is 17.2 Å². The molecule has 0 spiro atoms. The lowest BCUT2D eigenvalue weighted by Gasteiger charge is -2.36. The highest BCUT2D eigenvalue weighted by Gasteiger charge is 2.19. The van der Waals surface area contributed by atoms with Crippen LogP contribution in [0.15, 0.2) is 85.7 Å². The Morgan fingerprint density at radius 3 is 2.22 bits per heavy atom. The molecule has 178 valence electrons. The molecule has 1 saturated heterocycles. The monoisotopic (exact) mass is 476 g/mol. The molecule has 0 atom stereocenters. The first-order valence-corrected chi connectivity index (χ1v) is 11.8. The number of nitrogens with zero attached hydrogens (tertiary/aromatic N) is 7. The molecule has 0 bridgehead atoms. The van der Waals surface area contributed by atoms with Crippen molar-refractivity contribution in [1.82, 2.24) is 24.5 Å². The van der Waals surface area contributed by atoms with Gasteiger partial charge in [-0.2, -0.15) is 0 Å². The van der Waals surface area contributed by atoms with Gasteiger partial charge in [-0.15, -0.1) is 0 Å². The summed E-state index contributed by atoms with van der Waals surface area (Å²) >= 11 is 0. The second kappa shape index (κ2) is 9.10. The molecule has 9 nitrogen and oxygen atoms in total. The van der Waals surface area contributed by atoms with Crippen LogP contribution < -0.4 is 15.5 Å². The molecule has 5 aromatic rings. The number of nitrogens with two attached hydrogens (primary N) is 1. The van der Waals surface area contributed by atoms with Crippen molar-refractivity contribution in [2.75, 3.05) is 36.0 Å². The minimum absolute atomic E-state index is 0.238. The Balaban J connectivity index is 1.21.